The number of rotatable bonds is 3. The summed E-state index contributed by atoms with van der Waals surface area (Å²) in [6.45, 7) is 3.15. The molecule has 1 N–H and O–H groups in total. The fourth-order valence-corrected chi connectivity index (χ4v) is 3.29. The Balaban J connectivity index is 2.45. The van der Waals surface area contributed by atoms with Gasteiger partial charge >= 0.3 is 9.28 Å². The Labute approximate surface area is 75.7 Å². The molecule has 0 aromatic rings. The molecule has 5 heteroatoms. The lowest BCUT2D eigenvalue weighted by molar-refractivity contribution is 0.182. The van der Waals surface area contributed by atoms with Crippen molar-refractivity contribution in [3.8, 4) is 0 Å². The van der Waals surface area contributed by atoms with Gasteiger partial charge in [-0.15, -0.1) is 0 Å². The van der Waals surface area contributed by atoms with Crippen LogP contribution in [-0.4, -0.2) is 60.8 Å². The van der Waals surface area contributed by atoms with Crippen molar-refractivity contribution in [2.24, 2.45) is 0 Å². The molecule has 72 valence electrons. The topological polar surface area (TPSA) is 33.7 Å². The van der Waals surface area contributed by atoms with E-state index < -0.39 is 9.28 Å². The van der Waals surface area contributed by atoms with Crippen LogP contribution in [0.1, 0.15) is 0 Å². The van der Waals surface area contributed by atoms with Crippen molar-refractivity contribution in [2.75, 3.05) is 40.9 Å². The standard InChI is InChI=1S/C7H18N2O2Si/c1-9-5-4-8-6-7(9)12(10-2)11-3/h7-8,12H,4-6H2,1-3H3. The largest absolute Gasteiger partial charge is 0.399 e. The highest BCUT2D eigenvalue weighted by Gasteiger charge is 2.29. The molecule has 1 saturated heterocycles. The van der Waals surface area contributed by atoms with Crippen molar-refractivity contribution in [2.45, 2.75) is 5.67 Å². The normalized spacial score (nSPS) is 26.5. The van der Waals surface area contributed by atoms with Gasteiger partial charge in [-0.25, -0.2) is 0 Å². The molecule has 0 aromatic carbocycles. The van der Waals surface area contributed by atoms with Crippen LogP contribution in [0.5, 0.6) is 0 Å². The smallest absolute Gasteiger partial charge is 0.340 e. The number of hydrogen-bond donors (Lipinski definition) is 1. The zero-order valence-corrected chi connectivity index (χ0v) is 9.19. The van der Waals surface area contributed by atoms with Crippen LogP contribution < -0.4 is 5.32 Å². The van der Waals surface area contributed by atoms with Crippen LogP contribution in [0.25, 0.3) is 0 Å². The fraction of sp³-hybridized carbons (Fsp3) is 1.00. The van der Waals surface area contributed by atoms with Gasteiger partial charge in [-0.05, 0) is 7.05 Å². The molecule has 0 radical (unpaired) electrons. The van der Waals surface area contributed by atoms with Crippen LogP contribution in [0, 0.1) is 0 Å². The number of likely N-dealkylation sites (N-methyl/N-ethyl adjacent to an activating group) is 1. The molecule has 1 aliphatic rings. The van der Waals surface area contributed by atoms with E-state index in [9.17, 15) is 0 Å². The molecule has 0 aromatic heterocycles. The minimum atomic E-state index is -1.47. The van der Waals surface area contributed by atoms with Gasteiger partial charge < -0.3 is 14.2 Å². The predicted octanol–water partition coefficient (Wildman–Crippen LogP) is -1.06. The Kier molecular flexibility index (Phi) is 4.17. The lowest BCUT2D eigenvalue weighted by atomic mass is 10.4. The van der Waals surface area contributed by atoms with Crippen LogP contribution in [0.15, 0.2) is 0 Å². The maximum absolute atomic E-state index is 5.34. The molecule has 1 rings (SSSR count). The first kappa shape index (κ1) is 10.1. The van der Waals surface area contributed by atoms with Crippen molar-refractivity contribution in [3.63, 3.8) is 0 Å². The van der Waals surface area contributed by atoms with E-state index in [1.165, 1.54) is 0 Å². The summed E-state index contributed by atoms with van der Waals surface area (Å²) in [6.07, 6.45) is 0. The Morgan fingerprint density at radius 2 is 2.08 bits per heavy atom. The van der Waals surface area contributed by atoms with Gasteiger partial charge in [0.25, 0.3) is 0 Å². The summed E-state index contributed by atoms with van der Waals surface area (Å²) in [4.78, 5) is 2.32. The average Bonchev–Trinajstić information content (AvgIpc) is 2.10. The molecule has 0 amide bonds. The lowest BCUT2D eigenvalue weighted by Gasteiger charge is -2.35. The summed E-state index contributed by atoms with van der Waals surface area (Å²) in [5.74, 6) is 0. The first-order valence-corrected chi connectivity index (χ1v) is 5.87. The summed E-state index contributed by atoms with van der Waals surface area (Å²) in [7, 11) is 4.14. The van der Waals surface area contributed by atoms with E-state index in [1.54, 1.807) is 14.2 Å². The zero-order chi connectivity index (χ0) is 8.97. The van der Waals surface area contributed by atoms with Crippen LogP contribution in [0.3, 0.4) is 0 Å². The minimum Gasteiger partial charge on any atom is -0.399 e. The quantitative estimate of drug-likeness (QED) is 0.575. The van der Waals surface area contributed by atoms with E-state index in [2.05, 4.69) is 17.3 Å². The highest BCUT2D eigenvalue weighted by atomic mass is 28.3. The molecule has 1 fully saturated rings. The van der Waals surface area contributed by atoms with Crippen molar-refractivity contribution >= 4 is 9.28 Å². The van der Waals surface area contributed by atoms with E-state index in [4.69, 9.17) is 8.85 Å². The second-order valence-electron chi connectivity index (χ2n) is 3.09. The van der Waals surface area contributed by atoms with Gasteiger partial charge in [0.2, 0.25) is 0 Å². The Morgan fingerprint density at radius 3 is 2.58 bits per heavy atom. The fourth-order valence-electron chi connectivity index (χ4n) is 1.54. The van der Waals surface area contributed by atoms with Gasteiger partial charge in [-0.1, -0.05) is 0 Å². The molecule has 1 heterocycles. The average molecular weight is 190 g/mol. The molecule has 0 aliphatic carbocycles. The molecule has 1 atom stereocenters. The second kappa shape index (κ2) is 4.93. The molecule has 0 spiro atoms. The van der Waals surface area contributed by atoms with E-state index >= 15 is 0 Å². The van der Waals surface area contributed by atoms with Crippen LogP contribution in [0.2, 0.25) is 0 Å². The summed E-state index contributed by atoms with van der Waals surface area (Å²) in [5, 5.41) is 3.35. The molecular weight excluding hydrogens is 172 g/mol. The molecular formula is C7H18N2O2Si. The third-order valence-corrected chi connectivity index (χ3v) is 4.64. The highest BCUT2D eigenvalue weighted by Crippen LogP contribution is 2.04. The predicted molar refractivity (Wildman–Crippen MR) is 50.5 cm³/mol. The van der Waals surface area contributed by atoms with Crippen LogP contribution >= 0.6 is 0 Å². The minimum absolute atomic E-state index is 0.466. The summed E-state index contributed by atoms with van der Waals surface area (Å²) < 4.78 is 10.7. The summed E-state index contributed by atoms with van der Waals surface area (Å²) in [5.41, 5.74) is 0.466. The van der Waals surface area contributed by atoms with Crippen LogP contribution in [0.4, 0.5) is 0 Å². The SMILES string of the molecule is CO[SiH](OC)C1CNCCN1C. The van der Waals surface area contributed by atoms with E-state index in [0.29, 0.717) is 5.67 Å². The highest BCUT2D eigenvalue weighted by molar-refractivity contribution is 6.46. The van der Waals surface area contributed by atoms with E-state index in [0.717, 1.165) is 19.6 Å². The van der Waals surface area contributed by atoms with Crippen molar-refractivity contribution in [1.29, 1.82) is 0 Å². The van der Waals surface area contributed by atoms with Gasteiger partial charge in [0.05, 0.1) is 5.67 Å². The number of nitrogens with zero attached hydrogens (tertiary/aromatic N) is 1. The second-order valence-corrected chi connectivity index (χ2v) is 5.54. The monoisotopic (exact) mass is 190 g/mol. The molecule has 0 bridgehead atoms. The molecule has 1 unspecified atom stereocenters. The summed E-state index contributed by atoms with van der Waals surface area (Å²) >= 11 is 0. The van der Waals surface area contributed by atoms with Gasteiger partial charge in [0.1, 0.15) is 0 Å². The Morgan fingerprint density at radius 1 is 1.42 bits per heavy atom. The van der Waals surface area contributed by atoms with Gasteiger partial charge in [0.15, 0.2) is 0 Å². The molecule has 0 saturated carbocycles. The Hall–Kier alpha value is 0.0569. The van der Waals surface area contributed by atoms with Gasteiger partial charge in [-0.2, -0.15) is 0 Å². The van der Waals surface area contributed by atoms with Crippen molar-refractivity contribution in [1.82, 2.24) is 10.2 Å². The third-order valence-electron chi connectivity index (χ3n) is 2.34. The maximum atomic E-state index is 5.34. The first-order chi connectivity index (χ1) is 5.79. The van der Waals surface area contributed by atoms with Gasteiger partial charge in [0, 0.05) is 33.9 Å². The number of nitrogens with one attached hydrogen (secondary N) is 1. The van der Waals surface area contributed by atoms with Crippen molar-refractivity contribution in [3.05, 3.63) is 0 Å². The van der Waals surface area contributed by atoms with E-state index in [-0.39, 0.29) is 0 Å². The molecule has 1 aliphatic heterocycles. The van der Waals surface area contributed by atoms with E-state index in [1.807, 2.05) is 0 Å². The maximum Gasteiger partial charge on any atom is 0.340 e. The molecule has 12 heavy (non-hydrogen) atoms. The zero-order valence-electron chi connectivity index (χ0n) is 8.04. The number of hydrogen-bond acceptors (Lipinski definition) is 4. The third kappa shape index (κ3) is 2.27. The van der Waals surface area contributed by atoms with Gasteiger partial charge in [-0.3, -0.25) is 4.90 Å². The number of piperazine rings is 1. The van der Waals surface area contributed by atoms with Crippen molar-refractivity contribution < 1.29 is 8.85 Å². The lowest BCUT2D eigenvalue weighted by Crippen LogP contribution is -2.57. The Bertz CT molecular complexity index is 133. The van der Waals surface area contributed by atoms with Crippen LogP contribution in [-0.2, 0) is 8.85 Å². The molecule has 4 nitrogen and oxygen atoms in total. The first-order valence-electron chi connectivity index (χ1n) is 4.26. The summed E-state index contributed by atoms with van der Waals surface area (Å²) in [6, 6.07) is 0.